The lowest BCUT2D eigenvalue weighted by molar-refractivity contribution is -0.384. The predicted molar refractivity (Wildman–Crippen MR) is 73.8 cm³/mol. The quantitative estimate of drug-likeness (QED) is 0.689. The number of nitro groups is 1. The van der Waals surface area contributed by atoms with Gasteiger partial charge in [-0.1, -0.05) is 0 Å². The monoisotopic (exact) mass is 325 g/mol. The van der Waals surface area contributed by atoms with Crippen molar-refractivity contribution >= 4 is 27.3 Å². The van der Waals surface area contributed by atoms with Crippen LogP contribution in [0, 0.1) is 10.1 Å². The largest absolute Gasteiger partial charge is 0.374 e. The predicted octanol–water partition coefficient (Wildman–Crippen LogP) is 2.66. The topological polar surface area (TPSA) is 85.9 Å². The average Bonchev–Trinajstić information content (AvgIpc) is 2.77. The fourth-order valence-electron chi connectivity index (χ4n) is 1.72. The smallest absolute Gasteiger partial charge is 0.270 e. The average molecular weight is 326 g/mol. The van der Waals surface area contributed by atoms with Crippen LogP contribution in [0.1, 0.15) is 18.8 Å². The Bertz CT molecular complexity index is 613. The minimum atomic E-state index is -0.430. The first-order chi connectivity index (χ1) is 8.99. The molecule has 19 heavy (non-hydrogen) atoms. The van der Waals surface area contributed by atoms with E-state index in [1.807, 2.05) is 18.5 Å². The minimum absolute atomic E-state index is 0.0451. The molecule has 1 aromatic heterocycles. The standard InChI is InChI=1S/C11H12BrN5O2/c1-7(11-15-13-6-16(11)2)14-10-4-3-8(17(18)19)5-9(10)12/h3-7,14H,1-2H3. The van der Waals surface area contributed by atoms with E-state index in [4.69, 9.17) is 0 Å². The molecule has 0 fully saturated rings. The second kappa shape index (κ2) is 5.35. The van der Waals surface area contributed by atoms with E-state index >= 15 is 0 Å². The molecule has 2 rings (SSSR count). The zero-order valence-corrected chi connectivity index (χ0v) is 12.0. The van der Waals surface area contributed by atoms with Gasteiger partial charge in [-0.05, 0) is 28.9 Å². The van der Waals surface area contributed by atoms with Crippen LogP contribution in [0.3, 0.4) is 0 Å². The molecule has 0 amide bonds. The molecule has 1 unspecified atom stereocenters. The first-order valence-electron chi connectivity index (χ1n) is 5.53. The van der Waals surface area contributed by atoms with E-state index in [0.717, 1.165) is 11.5 Å². The molecule has 0 saturated carbocycles. The Hall–Kier alpha value is -1.96. The fourth-order valence-corrected chi connectivity index (χ4v) is 2.20. The van der Waals surface area contributed by atoms with Crippen molar-refractivity contribution in [1.29, 1.82) is 0 Å². The highest BCUT2D eigenvalue weighted by Crippen LogP contribution is 2.29. The van der Waals surface area contributed by atoms with Gasteiger partial charge in [0.05, 0.1) is 11.0 Å². The molecule has 100 valence electrons. The summed E-state index contributed by atoms with van der Waals surface area (Å²) in [6.07, 6.45) is 1.62. The van der Waals surface area contributed by atoms with Crippen molar-refractivity contribution in [3.63, 3.8) is 0 Å². The molecule has 1 aromatic carbocycles. The lowest BCUT2D eigenvalue weighted by Crippen LogP contribution is -2.12. The van der Waals surface area contributed by atoms with Gasteiger partial charge in [0.2, 0.25) is 0 Å². The van der Waals surface area contributed by atoms with Gasteiger partial charge in [-0.2, -0.15) is 0 Å². The van der Waals surface area contributed by atoms with Crippen molar-refractivity contribution in [3.05, 3.63) is 44.9 Å². The second-order valence-electron chi connectivity index (χ2n) is 4.09. The molecule has 0 aliphatic heterocycles. The van der Waals surface area contributed by atoms with Gasteiger partial charge < -0.3 is 9.88 Å². The summed E-state index contributed by atoms with van der Waals surface area (Å²) >= 11 is 3.32. The number of aromatic nitrogens is 3. The zero-order chi connectivity index (χ0) is 14.0. The Morgan fingerprint density at radius 3 is 2.79 bits per heavy atom. The molecule has 0 spiro atoms. The summed E-state index contributed by atoms with van der Waals surface area (Å²) in [4.78, 5) is 10.2. The fraction of sp³-hybridized carbons (Fsp3) is 0.273. The minimum Gasteiger partial charge on any atom is -0.374 e. The summed E-state index contributed by atoms with van der Waals surface area (Å²) in [5.74, 6) is 0.783. The molecule has 0 saturated heterocycles. The number of aryl methyl sites for hydroxylation is 1. The molecule has 0 aliphatic rings. The number of anilines is 1. The van der Waals surface area contributed by atoms with Gasteiger partial charge in [0.15, 0.2) is 5.82 Å². The van der Waals surface area contributed by atoms with Gasteiger partial charge in [-0.15, -0.1) is 10.2 Å². The first kappa shape index (κ1) is 13.5. The summed E-state index contributed by atoms with van der Waals surface area (Å²) in [5.41, 5.74) is 0.810. The number of halogens is 1. The van der Waals surface area contributed by atoms with Gasteiger partial charge in [0, 0.05) is 29.3 Å². The Morgan fingerprint density at radius 2 is 2.26 bits per heavy atom. The molecule has 0 bridgehead atoms. The Morgan fingerprint density at radius 1 is 1.53 bits per heavy atom. The SMILES string of the molecule is CC(Nc1ccc([N+](=O)[O-])cc1Br)c1nncn1C. The highest BCUT2D eigenvalue weighted by molar-refractivity contribution is 9.10. The third-order valence-electron chi connectivity index (χ3n) is 2.67. The third kappa shape index (κ3) is 2.90. The highest BCUT2D eigenvalue weighted by Gasteiger charge is 2.14. The van der Waals surface area contributed by atoms with Crippen LogP contribution in [0.25, 0.3) is 0 Å². The number of rotatable bonds is 4. The number of non-ortho nitro benzene ring substituents is 1. The molecule has 2 aromatic rings. The molecule has 1 heterocycles. The van der Waals surface area contributed by atoms with Crippen molar-refractivity contribution in [1.82, 2.24) is 14.8 Å². The maximum absolute atomic E-state index is 10.7. The van der Waals surface area contributed by atoms with E-state index in [0.29, 0.717) is 4.47 Å². The van der Waals surface area contributed by atoms with Gasteiger partial charge in [0.1, 0.15) is 6.33 Å². The summed E-state index contributed by atoms with van der Waals surface area (Å²) in [5, 5.41) is 21.7. The molecule has 0 aliphatic carbocycles. The van der Waals surface area contributed by atoms with E-state index in [-0.39, 0.29) is 11.7 Å². The van der Waals surface area contributed by atoms with Crippen LogP contribution in [-0.2, 0) is 7.05 Å². The number of hydrogen-bond acceptors (Lipinski definition) is 5. The van der Waals surface area contributed by atoms with Crippen molar-refractivity contribution < 1.29 is 4.92 Å². The number of nitrogens with one attached hydrogen (secondary N) is 1. The molecule has 7 nitrogen and oxygen atoms in total. The van der Waals surface area contributed by atoms with Crippen LogP contribution in [-0.4, -0.2) is 19.7 Å². The molecule has 8 heteroatoms. The normalized spacial score (nSPS) is 12.2. The molecule has 1 atom stereocenters. The van der Waals surface area contributed by atoms with Crippen molar-refractivity contribution in [3.8, 4) is 0 Å². The van der Waals surface area contributed by atoms with Crippen LogP contribution < -0.4 is 5.32 Å². The number of nitro benzene ring substituents is 1. The van der Waals surface area contributed by atoms with Crippen LogP contribution >= 0.6 is 15.9 Å². The van der Waals surface area contributed by atoms with Gasteiger partial charge in [0.25, 0.3) is 5.69 Å². The van der Waals surface area contributed by atoms with Crippen LogP contribution in [0.2, 0.25) is 0 Å². The van der Waals surface area contributed by atoms with Crippen LogP contribution in [0.15, 0.2) is 29.0 Å². The maximum Gasteiger partial charge on any atom is 0.270 e. The second-order valence-corrected chi connectivity index (χ2v) is 4.94. The number of hydrogen-bond donors (Lipinski definition) is 1. The lowest BCUT2D eigenvalue weighted by atomic mass is 10.2. The summed E-state index contributed by atoms with van der Waals surface area (Å²) in [6, 6.07) is 4.52. The Labute approximate surface area is 117 Å². The summed E-state index contributed by atoms with van der Waals surface area (Å²) in [7, 11) is 1.86. The Balaban J connectivity index is 2.20. The van der Waals surface area contributed by atoms with Gasteiger partial charge in [-0.25, -0.2) is 0 Å². The van der Waals surface area contributed by atoms with E-state index in [1.165, 1.54) is 12.1 Å². The highest BCUT2D eigenvalue weighted by atomic mass is 79.9. The number of benzene rings is 1. The molecular weight excluding hydrogens is 314 g/mol. The van der Waals surface area contributed by atoms with Gasteiger partial charge >= 0.3 is 0 Å². The lowest BCUT2D eigenvalue weighted by Gasteiger charge is -2.15. The van der Waals surface area contributed by atoms with Gasteiger partial charge in [-0.3, -0.25) is 10.1 Å². The third-order valence-corrected chi connectivity index (χ3v) is 3.33. The van der Waals surface area contributed by atoms with E-state index in [1.54, 1.807) is 12.4 Å². The van der Waals surface area contributed by atoms with E-state index < -0.39 is 4.92 Å². The van der Waals surface area contributed by atoms with Crippen molar-refractivity contribution in [2.45, 2.75) is 13.0 Å². The summed E-state index contributed by atoms with van der Waals surface area (Å²) < 4.78 is 2.45. The van der Waals surface area contributed by atoms with E-state index in [2.05, 4.69) is 31.4 Å². The van der Waals surface area contributed by atoms with Crippen LogP contribution in [0.5, 0.6) is 0 Å². The Kier molecular flexibility index (Phi) is 3.79. The zero-order valence-electron chi connectivity index (χ0n) is 10.4. The summed E-state index contributed by atoms with van der Waals surface area (Å²) in [6.45, 7) is 1.94. The van der Waals surface area contributed by atoms with Crippen molar-refractivity contribution in [2.24, 2.45) is 7.05 Å². The van der Waals surface area contributed by atoms with Crippen molar-refractivity contribution in [2.75, 3.05) is 5.32 Å². The molecular formula is C11H12BrN5O2. The van der Waals surface area contributed by atoms with Crippen LogP contribution in [0.4, 0.5) is 11.4 Å². The number of nitrogens with zero attached hydrogens (tertiary/aromatic N) is 4. The maximum atomic E-state index is 10.7. The molecule has 0 radical (unpaired) electrons. The first-order valence-corrected chi connectivity index (χ1v) is 6.32. The van der Waals surface area contributed by atoms with E-state index in [9.17, 15) is 10.1 Å². The molecule has 1 N–H and O–H groups in total.